The number of halogens is 1. The van der Waals surface area contributed by atoms with E-state index in [1.54, 1.807) is 18.2 Å². The maximum atomic E-state index is 12.0. The summed E-state index contributed by atoms with van der Waals surface area (Å²) in [7, 11) is 0. The van der Waals surface area contributed by atoms with Gasteiger partial charge in [-0.05, 0) is 49.4 Å². The van der Waals surface area contributed by atoms with E-state index in [0.717, 1.165) is 24.8 Å². The molecule has 1 aromatic carbocycles. The van der Waals surface area contributed by atoms with Gasteiger partial charge in [-0.15, -0.1) is 0 Å². The van der Waals surface area contributed by atoms with Crippen molar-refractivity contribution in [2.75, 3.05) is 5.32 Å². The second kappa shape index (κ2) is 6.94. The van der Waals surface area contributed by atoms with Crippen molar-refractivity contribution in [2.45, 2.75) is 45.6 Å². The number of carbonyl (C=O) groups is 2. The van der Waals surface area contributed by atoms with Crippen LogP contribution < -0.4 is 10.6 Å². The number of rotatable bonds is 2. The fraction of sp³-hybridized carbons (Fsp3) is 0.500. The van der Waals surface area contributed by atoms with Crippen molar-refractivity contribution in [3.63, 3.8) is 0 Å². The average molecular weight is 309 g/mol. The van der Waals surface area contributed by atoms with Gasteiger partial charge in [0.1, 0.15) is 0 Å². The highest BCUT2D eigenvalue weighted by Crippen LogP contribution is 2.24. The third-order valence-corrected chi connectivity index (χ3v) is 4.31. The molecule has 0 aromatic heterocycles. The van der Waals surface area contributed by atoms with E-state index in [0.29, 0.717) is 16.6 Å². The molecule has 5 heteroatoms. The van der Waals surface area contributed by atoms with Gasteiger partial charge in [0.2, 0.25) is 0 Å². The molecular weight excluding hydrogens is 288 g/mol. The van der Waals surface area contributed by atoms with Crippen LogP contribution >= 0.6 is 11.6 Å². The van der Waals surface area contributed by atoms with Gasteiger partial charge < -0.3 is 10.6 Å². The first kappa shape index (κ1) is 15.8. The topological polar surface area (TPSA) is 58.2 Å². The lowest BCUT2D eigenvalue weighted by Gasteiger charge is -2.29. The molecule has 0 spiro atoms. The Balaban J connectivity index is 1.94. The molecule has 2 N–H and O–H groups in total. The van der Waals surface area contributed by atoms with Crippen molar-refractivity contribution in [2.24, 2.45) is 5.92 Å². The van der Waals surface area contributed by atoms with E-state index in [4.69, 9.17) is 11.6 Å². The highest BCUT2D eigenvalue weighted by molar-refractivity contribution is 6.39. The Hall–Kier alpha value is -1.55. The Morgan fingerprint density at radius 3 is 2.57 bits per heavy atom. The fourth-order valence-corrected chi connectivity index (χ4v) is 2.94. The van der Waals surface area contributed by atoms with Crippen LogP contribution in [0.15, 0.2) is 18.2 Å². The summed E-state index contributed by atoms with van der Waals surface area (Å²) in [6.07, 6.45) is 4.35. The number of hydrogen-bond donors (Lipinski definition) is 2. The van der Waals surface area contributed by atoms with Crippen molar-refractivity contribution in [3.8, 4) is 0 Å². The SMILES string of the molecule is Cc1cc(Cl)ccc1NC(=O)C(=O)NC1CCCCC1C. The first-order chi connectivity index (χ1) is 9.97. The van der Waals surface area contributed by atoms with Crippen LogP contribution in [0, 0.1) is 12.8 Å². The van der Waals surface area contributed by atoms with Gasteiger partial charge in [-0.3, -0.25) is 9.59 Å². The first-order valence-corrected chi connectivity index (χ1v) is 7.73. The van der Waals surface area contributed by atoms with E-state index in [2.05, 4.69) is 17.6 Å². The van der Waals surface area contributed by atoms with Crippen molar-refractivity contribution >= 4 is 29.1 Å². The molecule has 0 bridgehead atoms. The Kier molecular flexibility index (Phi) is 5.23. The van der Waals surface area contributed by atoms with Gasteiger partial charge >= 0.3 is 11.8 Å². The zero-order chi connectivity index (χ0) is 15.4. The maximum absolute atomic E-state index is 12.0. The third kappa shape index (κ3) is 4.21. The van der Waals surface area contributed by atoms with Gasteiger partial charge in [-0.25, -0.2) is 0 Å². The van der Waals surface area contributed by atoms with Crippen LogP contribution in [-0.4, -0.2) is 17.9 Å². The molecule has 1 fully saturated rings. The molecule has 21 heavy (non-hydrogen) atoms. The van der Waals surface area contributed by atoms with Crippen LogP contribution in [0.3, 0.4) is 0 Å². The van der Waals surface area contributed by atoms with E-state index in [-0.39, 0.29) is 6.04 Å². The van der Waals surface area contributed by atoms with E-state index in [9.17, 15) is 9.59 Å². The van der Waals surface area contributed by atoms with E-state index in [1.807, 2.05) is 6.92 Å². The van der Waals surface area contributed by atoms with Crippen LogP contribution in [0.2, 0.25) is 5.02 Å². The first-order valence-electron chi connectivity index (χ1n) is 7.35. The summed E-state index contributed by atoms with van der Waals surface area (Å²) in [5.41, 5.74) is 1.44. The Labute approximate surface area is 130 Å². The number of amides is 2. The Morgan fingerprint density at radius 2 is 1.90 bits per heavy atom. The summed E-state index contributed by atoms with van der Waals surface area (Å²) < 4.78 is 0. The molecule has 1 aliphatic rings. The fourth-order valence-electron chi connectivity index (χ4n) is 2.71. The molecule has 1 aromatic rings. The normalized spacial score (nSPS) is 21.7. The lowest BCUT2D eigenvalue weighted by atomic mass is 9.86. The lowest BCUT2D eigenvalue weighted by molar-refractivity contribution is -0.137. The van der Waals surface area contributed by atoms with E-state index < -0.39 is 11.8 Å². The smallest absolute Gasteiger partial charge is 0.313 e. The van der Waals surface area contributed by atoms with Crippen molar-refractivity contribution in [1.29, 1.82) is 0 Å². The summed E-state index contributed by atoms with van der Waals surface area (Å²) in [4.78, 5) is 24.0. The molecule has 2 rings (SSSR count). The van der Waals surface area contributed by atoms with Gasteiger partial charge in [-0.2, -0.15) is 0 Å². The molecule has 1 aliphatic carbocycles. The molecular formula is C16H21ClN2O2. The van der Waals surface area contributed by atoms with Crippen LogP contribution in [0.5, 0.6) is 0 Å². The van der Waals surface area contributed by atoms with Crippen LogP contribution in [0.25, 0.3) is 0 Å². The van der Waals surface area contributed by atoms with Gasteiger partial charge in [0.05, 0.1) is 0 Å². The average Bonchev–Trinajstić information content (AvgIpc) is 2.44. The standard InChI is InChI=1S/C16H21ClN2O2/c1-10-5-3-4-6-13(10)18-15(20)16(21)19-14-8-7-12(17)9-11(14)2/h7-10,13H,3-6H2,1-2H3,(H,18,20)(H,19,21). The van der Waals surface area contributed by atoms with Crippen molar-refractivity contribution in [1.82, 2.24) is 5.32 Å². The third-order valence-electron chi connectivity index (χ3n) is 4.07. The zero-order valence-corrected chi connectivity index (χ0v) is 13.2. The molecule has 0 saturated heterocycles. The predicted molar refractivity (Wildman–Crippen MR) is 84.4 cm³/mol. The molecule has 2 amide bonds. The van der Waals surface area contributed by atoms with Crippen molar-refractivity contribution in [3.05, 3.63) is 28.8 Å². The second-order valence-electron chi connectivity index (χ2n) is 5.76. The largest absolute Gasteiger partial charge is 0.345 e. The molecule has 0 heterocycles. The van der Waals surface area contributed by atoms with Gasteiger partial charge in [0, 0.05) is 16.8 Å². The van der Waals surface area contributed by atoms with Crippen LogP contribution in [-0.2, 0) is 9.59 Å². The number of aryl methyl sites for hydroxylation is 1. The van der Waals surface area contributed by atoms with Gasteiger partial charge in [-0.1, -0.05) is 31.4 Å². The van der Waals surface area contributed by atoms with Crippen LogP contribution in [0.1, 0.15) is 38.2 Å². The zero-order valence-electron chi connectivity index (χ0n) is 12.4. The highest BCUT2D eigenvalue weighted by atomic mass is 35.5. The van der Waals surface area contributed by atoms with Crippen molar-refractivity contribution < 1.29 is 9.59 Å². The predicted octanol–water partition coefficient (Wildman–Crippen LogP) is 3.28. The second-order valence-corrected chi connectivity index (χ2v) is 6.19. The molecule has 4 nitrogen and oxygen atoms in total. The number of benzene rings is 1. The van der Waals surface area contributed by atoms with Gasteiger partial charge in [0.15, 0.2) is 0 Å². The van der Waals surface area contributed by atoms with E-state index in [1.165, 1.54) is 6.42 Å². The summed E-state index contributed by atoms with van der Waals surface area (Å²) in [5.74, 6) is -0.769. The molecule has 2 unspecified atom stereocenters. The van der Waals surface area contributed by atoms with Gasteiger partial charge in [0.25, 0.3) is 0 Å². The number of nitrogens with one attached hydrogen (secondary N) is 2. The summed E-state index contributed by atoms with van der Waals surface area (Å²) >= 11 is 5.87. The molecule has 0 aliphatic heterocycles. The molecule has 0 radical (unpaired) electrons. The molecule has 2 atom stereocenters. The number of carbonyl (C=O) groups excluding carboxylic acids is 2. The maximum Gasteiger partial charge on any atom is 0.313 e. The minimum absolute atomic E-state index is 0.100. The number of anilines is 1. The summed E-state index contributed by atoms with van der Waals surface area (Å²) in [6, 6.07) is 5.23. The summed E-state index contributed by atoms with van der Waals surface area (Å²) in [6.45, 7) is 3.95. The lowest BCUT2D eigenvalue weighted by Crippen LogP contribution is -2.45. The quantitative estimate of drug-likeness (QED) is 0.824. The minimum Gasteiger partial charge on any atom is -0.345 e. The van der Waals surface area contributed by atoms with E-state index >= 15 is 0 Å². The summed E-state index contributed by atoms with van der Waals surface area (Å²) in [5, 5.41) is 6.08. The number of hydrogen-bond acceptors (Lipinski definition) is 2. The molecule has 1 saturated carbocycles. The Bertz CT molecular complexity index is 545. The highest BCUT2D eigenvalue weighted by Gasteiger charge is 2.25. The molecule has 114 valence electrons. The Morgan fingerprint density at radius 1 is 1.19 bits per heavy atom. The monoisotopic (exact) mass is 308 g/mol. The van der Waals surface area contributed by atoms with Crippen LogP contribution in [0.4, 0.5) is 5.69 Å². The minimum atomic E-state index is -0.627.